The minimum atomic E-state index is -0.326. The van der Waals surface area contributed by atoms with Gasteiger partial charge in [0.15, 0.2) is 11.0 Å². The fourth-order valence-corrected chi connectivity index (χ4v) is 3.78. The predicted molar refractivity (Wildman–Crippen MR) is 101 cm³/mol. The van der Waals surface area contributed by atoms with Crippen LogP contribution in [0.15, 0.2) is 53.7 Å². The summed E-state index contributed by atoms with van der Waals surface area (Å²) in [5.41, 5.74) is 1.58. The van der Waals surface area contributed by atoms with Gasteiger partial charge in [0.1, 0.15) is 5.82 Å². The lowest BCUT2D eigenvalue weighted by Crippen LogP contribution is -2.13. The van der Waals surface area contributed by atoms with E-state index in [-0.39, 0.29) is 17.5 Å². The van der Waals surface area contributed by atoms with Crippen molar-refractivity contribution in [2.75, 3.05) is 11.1 Å². The first-order chi connectivity index (χ1) is 12.7. The Morgan fingerprint density at radius 3 is 2.88 bits per heavy atom. The largest absolute Gasteiger partial charge is 0.301 e. The van der Waals surface area contributed by atoms with Gasteiger partial charge in [-0.3, -0.25) is 9.89 Å². The summed E-state index contributed by atoms with van der Waals surface area (Å²) in [7, 11) is 0. The lowest BCUT2D eigenvalue weighted by molar-refractivity contribution is -0.113. The van der Waals surface area contributed by atoms with Gasteiger partial charge in [0.05, 0.1) is 16.0 Å². The van der Waals surface area contributed by atoms with Crippen molar-refractivity contribution in [3.63, 3.8) is 0 Å². The number of aromatic nitrogens is 4. The van der Waals surface area contributed by atoms with E-state index in [2.05, 4.69) is 25.5 Å². The number of nitrogens with one attached hydrogen (secondary N) is 2. The smallest absolute Gasteiger partial charge is 0.236 e. The number of carbonyl (C=O) groups is 1. The van der Waals surface area contributed by atoms with E-state index >= 15 is 0 Å². The Labute approximate surface area is 155 Å². The average molecular weight is 385 g/mol. The number of rotatable bonds is 5. The highest BCUT2D eigenvalue weighted by Crippen LogP contribution is 2.27. The van der Waals surface area contributed by atoms with Crippen LogP contribution in [-0.4, -0.2) is 31.8 Å². The van der Waals surface area contributed by atoms with Crippen LogP contribution in [0.25, 0.3) is 21.6 Å². The molecule has 6 nitrogen and oxygen atoms in total. The number of H-pyrrole nitrogens is 1. The minimum Gasteiger partial charge on any atom is -0.301 e. The molecule has 9 heteroatoms. The molecule has 0 aliphatic rings. The summed E-state index contributed by atoms with van der Waals surface area (Å²) in [5.74, 6) is 0.256. The normalized spacial score (nSPS) is 11.0. The summed E-state index contributed by atoms with van der Waals surface area (Å²) in [6.07, 6.45) is 0. The van der Waals surface area contributed by atoms with E-state index in [1.165, 1.54) is 35.2 Å². The standard InChI is InChI=1S/C17H12FN5OS2/c18-11-6-7-12-13(8-11)26-16(19-12)20-14(24)9-25-17-21-15(22-23-17)10-4-2-1-3-5-10/h1-8H,9H2,(H,19,20,24)(H,21,22,23). The van der Waals surface area contributed by atoms with Gasteiger partial charge >= 0.3 is 0 Å². The van der Waals surface area contributed by atoms with Crippen molar-refractivity contribution in [1.82, 2.24) is 20.2 Å². The molecule has 4 aromatic rings. The molecule has 0 saturated heterocycles. The summed E-state index contributed by atoms with van der Waals surface area (Å²) >= 11 is 2.46. The van der Waals surface area contributed by atoms with Crippen LogP contribution in [0.1, 0.15) is 0 Å². The molecule has 130 valence electrons. The molecule has 4 rings (SSSR count). The fraction of sp³-hybridized carbons (Fsp3) is 0.0588. The fourth-order valence-electron chi connectivity index (χ4n) is 2.27. The van der Waals surface area contributed by atoms with Crippen LogP contribution in [0.3, 0.4) is 0 Å². The van der Waals surface area contributed by atoms with Gasteiger partial charge in [0, 0.05) is 5.56 Å². The van der Waals surface area contributed by atoms with E-state index in [1.807, 2.05) is 30.3 Å². The molecule has 0 unspecified atom stereocenters. The number of thiazole rings is 1. The first-order valence-corrected chi connectivity index (χ1v) is 9.44. The van der Waals surface area contributed by atoms with E-state index in [0.717, 1.165) is 5.56 Å². The van der Waals surface area contributed by atoms with Crippen molar-refractivity contribution >= 4 is 44.4 Å². The molecule has 2 aromatic heterocycles. The molecule has 0 aliphatic heterocycles. The van der Waals surface area contributed by atoms with Crippen molar-refractivity contribution in [3.05, 3.63) is 54.3 Å². The van der Waals surface area contributed by atoms with Crippen molar-refractivity contribution in [2.24, 2.45) is 0 Å². The third kappa shape index (κ3) is 3.73. The molecule has 0 fully saturated rings. The maximum absolute atomic E-state index is 13.2. The SMILES string of the molecule is O=C(CSc1n[nH]c(-c2ccccc2)n1)Nc1nc2ccc(F)cc2s1. The van der Waals surface area contributed by atoms with E-state index in [9.17, 15) is 9.18 Å². The van der Waals surface area contributed by atoms with Crippen molar-refractivity contribution in [2.45, 2.75) is 5.16 Å². The van der Waals surface area contributed by atoms with Crippen LogP contribution >= 0.6 is 23.1 Å². The molecule has 2 aromatic carbocycles. The molecule has 0 spiro atoms. The van der Waals surface area contributed by atoms with E-state index in [4.69, 9.17) is 0 Å². The second-order valence-corrected chi connectivity index (χ2v) is 7.27. The number of anilines is 1. The molecule has 2 heterocycles. The summed E-state index contributed by atoms with van der Waals surface area (Å²) in [4.78, 5) is 20.7. The number of hydrogen-bond donors (Lipinski definition) is 2. The van der Waals surface area contributed by atoms with Gasteiger partial charge in [-0.1, -0.05) is 53.4 Å². The number of halogens is 1. The lowest BCUT2D eigenvalue weighted by Gasteiger charge is -1.98. The van der Waals surface area contributed by atoms with Crippen molar-refractivity contribution in [3.8, 4) is 11.4 Å². The maximum atomic E-state index is 13.2. The summed E-state index contributed by atoms with van der Waals surface area (Å²) in [5, 5.41) is 10.6. The highest BCUT2D eigenvalue weighted by molar-refractivity contribution is 7.99. The number of nitrogens with zero attached hydrogens (tertiary/aromatic N) is 3. The third-order valence-electron chi connectivity index (χ3n) is 3.44. The van der Waals surface area contributed by atoms with E-state index < -0.39 is 0 Å². The molecule has 0 atom stereocenters. The molecular weight excluding hydrogens is 373 g/mol. The Morgan fingerprint density at radius 2 is 2.04 bits per heavy atom. The number of amides is 1. The van der Waals surface area contributed by atoms with Crippen molar-refractivity contribution in [1.29, 1.82) is 0 Å². The Bertz CT molecular complexity index is 1060. The number of carbonyl (C=O) groups excluding carboxylic acids is 1. The third-order valence-corrected chi connectivity index (χ3v) is 5.22. The maximum Gasteiger partial charge on any atom is 0.236 e. The molecule has 26 heavy (non-hydrogen) atoms. The predicted octanol–water partition coefficient (Wildman–Crippen LogP) is 3.95. The van der Waals surface area contributed by atoms with E-state index in [0.29, 0.717) is 26.3 Å². The Hall–Kier alpha value is -2.78. The number of benzene rings is 2. The Kier molecular flexibility index (Phi) is 4.63. The molecule has 0 aliphatic carbocycles. The second kappa shape index (κ2) is 7.22. The van der Waals surface area contributed by atoms with Gasteiger partial charge in [-0.05, 0) is 18.2 Å². The Morgan fingerprint density at radius 1 is 1.19 bits per heavy atom. The zero-order valence-electron chi connectivity index (χ0n) is 13.3. The molecule has 1 amide bonds. The van der Waals surface area contributed by atoms with Crippen LogP contribution in [-0.2, 0) is 4.79 Å². The number of thioether (sulfide) groups is 1. The van der Waals surface area contributed by atoms with Crippen molar-refractivity contribution < 1.29 is 9.18 Å². The topological polar surface area (TPSA) is 83.6 Å². The molecular formula is C17H12FN5OS2. The van der Waals surface area contributed by atoms with Gasteiger partial charge in [0.2, 0.25) is 11.1 Å². The van der Waals surface area contributed by atoms with Gasteiger partial charge in [-0.2, -0.15) is 0 Å². The summed E-state index contributed by atoms with van der Waals surface area (Å²) < 4.78 is 13.9. The van der Waals surface area contributed by atoms with Crippen LogP contribution in [0.4, 0.5) is 9.52 Å². The first kappa shape index (κ1) is 16.7. The number of hydrogen-bond acceptors (Lipinski definition) is 6. The van der Waals surface area contributed by atoms with Gasteiger partial charge < -0.3 is 5.32 Å². The molecule has 0 saturated carbocycles. The number of aromatic amines is 1. The van der Waals surface area contributed by atoms with E-state index in [1.54, 1.807) is 6.07 Å². The monoisotopic (exact) mass is 385 g/mol. The summed E-state index contributed by atoms with van der Waals surface area (Å²) in [6, 6.07) is 14.0. The van der Waals surface area contributed by atoms with Crippen LogP contribution in [0, 0.1) is 5.82 Å². The van der Waals surface area contributed by atoms with Gasteiger partial charge in [-0.15, -0.1) is 5.10 Å². The number of fused-ring (bicyclic) bond motifs is 1. The second-order valence-electron chi connectivity index (χ2n) is 5.30. The zero-order valence-corrected chi connectivity index (χ0v) is 14.9. The quantitative estimate of drug-likeness (QED) is 0.508. The van der Waals surface area contributed by atoms with Crippen LogP contribution in [0.2, 0.25) is 0 Å². The average Bonchev–Trinajstić information content (AvgIpc) is 3.27. The van der Waals surface area contributed by atoms with Gasteiger partial charge in [-0.25, -0.2) is 14.4 Å². The highest BCUT2D eigenvalue weighted by atomic mass is 32.2. The Balaban J connectivity index is 1.37. The summed E-state index contributed by atoms with van der Waals surface area (Å²) in [6.45, 7) is 0. The van der Waals surface area contributed by atoms with Crippen LogP contribution in [0.5, 0.6) is 0 Å². The minimum absolute atomic E-state index is 0.149. The molecule has 2 N–H and O–H groups in total. The van der Waals surface area contributed by atoms with Gasteiger partial charge in [0.25, 0.3) is 0 Å². The molecule has 0 radical (unpaired) electrons. The zero-order chi connectivity index (χ0) is 17.9. The highest BCUT2D eigenvalue weighted by Gasteiger charge is 2.11. The molecule has 0 bridgehead atoms. The first-order valence-electron chi connectivity index (χ1n) is 7.64. The van der Waals surface area contributed by atoms with Crippen LogP contribution < -0.4 is 5.32 Å². The lowest BCUT2D eigenvalue weighted by atomic mass is 10.2.